The topological polar surface area (TPSA) is 44.5 Å². The number of alkyl halides is 3. The minimum absolute atomic E-state index is 0.0752. The van der Waals surface area contributed by atoms with Crippen molar-refractivity contribution in [1.29, 1.82) is 0 Å². The van der Waals surface area contributed by atoms with E-state index in [9.17, 15) is 17.6 Å². The van der Waals surface area contributed by atoms with Crippen molar-refractivity contribution < 1.29 is 27.0 Å². The zero-order chi connectivity index (χ0) is 16.2. The van der Waals surface area contributed by atoms with Crippen molar-refractivity contribution >= 4 is 0 Å². The third-order valence-corrected chi connectivity index (χ3v) is 2.73. The Morgan fingerprint density at radius 3 is 2.14 bits per heavy atom. The van der Waals surface area contributed by atoms with E-state index < -0.39 is 12.2 Å². The number of nitrogens with two attached hydrogens (primary N) is 1. The maximum Gasteiger partial charge on any atom is 0.573 e. The highest BCUT2D eigenvalue weighted by Crippen LogP contribution is 2.29. The summed E-state index contributed by atoms with van der Waals surface area (Å²) in [6, 6.07) is 9.45. The summed E-state index contributed by atoms with van der Waals surface area (Å²) in [7, 11) is 0. The number of ether oxygens (including phenoxy) is 2. The summed E-state index contributed by atoms with van der Waals surface area (Å²) in [5, 5.41) is 0. The first-order valence-electron chi connectivity index (χ1n) is 6.37. The van der Waals surface area contributed by atoms with E-state index in [0.717, 1.165) is 0 Å². The summed E-state index contributed by atoms with van der Waals surface area (Å²) in [5.41, 5.74) is 6.33. The SMILES string of the molecule is NCCOc1ccc(-c2ccc(OC(F)(F)F)cc2)cc1F. The molecule has 0 saturated heterocycles. The monoisotopic (exact) mass is 315 g/mol. The molecule has 2 N–H and O–H groups in total. The molecule has 2 aromatic rings. The lowest BCUT2D eigenvalue weighted by Crippen LogP contribution is -2.16. The average molecular weight is 315 g/mol. The molecule has 0 fully saturated rings. The second kappa shape index (κ2) is 6.65. The molecule has 0 amide bonds. The Kier molecular flexibility index (Phi) is 4.87. The van der Waals surface area contributed by atoms with Crippen LogP contribution in [-0.2, 0) is 0 Å². The lowest BCUT2D eigenvalue weighted by Gasteiger charge is -2.10. The van der Waals surface area contributed by atoms with Crippen molar-refractivity contribution in [3.8, 4) is 22.6 Å². The second-order valence-corrected chi connectivity index (χ2v) is 4.35. The molecule has 0 radical (unpaired) electrons. The van der Waals surface area contributed by atoms with Gasteiger partial charge in [0.05, 0.1) is 0 Å². The van der Waals surface area contributed by atoms with E-state index in [1.165, 1.54) is 36.4 Å². The van der Waals surface area contributed by atoms with Gasteiger partial charge in [-0.05, 0) is 35.4 Å². The van der Waals surface area contributed by atoms with Crippen molar-refractivity contribution in [3.63, 3.8) is 0 Å². The van der Waals surface area contributed by atoms with Crippen LogP contribution in [0.1, 0.15) is 0 Å². The van der Waals surface area contributed by atoms with Gasteiger partial charge in [0.15, 0.2) is 11.6 Å². The zero-order valence-corrected chi connectivity index (χ0v) is 11.4. The fourth-order valence-corrected chi connectivity index (χ4v) is 1.82. The molecule has 0 unspecified atom stereocenters. The smallest absolute Gasteiger partial charge is 0.489 e. The van der Waals surface area contributed by atoms with Crippen molar-refractivity contribution in [1.82, 2.24) is 0 Å². The van der Waals surface area contributed by atoms with Gasteiger partial charge in [0.2, 0.25) is 0 Å². The largest absolute Gasteiger partial charge is 0.573 e. The van der Waals surface area contributed by atoms with Crippen LogP contribution in [0.25, 0.3) is 11.1 Å². The molecule has 0 aliphatic rings. The van der Waals surface area contributed by atoms with E-state index in [1.54, 1.807) is 6.07 Å². The highest BCUT2D eigenvalue weighted by atomic mass is 19.4. The van der Waals surface area contributed by atoms with Crippen molar-refractivity contribution in [2.24, 2.45) is 5.73 Å². The van der Waals surface area contributed by atoms with Gasteiger partial charge in [-0.2, -0.15) is 0 Å². The van der Waals surface area contributed by atoms with Crippen LogP contribution in [-0.4, -0.2) is 19.5 Å². The quantitative estimate of drug-likeness (QED) is 0.855. The van der Waals surface area contributed by atoms with Gasteiger partial charge >= 0.3 is 6.36 Å². The standard InChI is InChI=1S/C15H13F4NO2/c16-13-9-11(3-6-14(13)21-8-7-20)10-1-4-12(5-2-10)22-15(17,18)19/h1-6,9H,7-8,20H2. The first-order chi connectivity index (χ1) is 10.4. The molecule has 0 saturated carbocycles. The number of benzene rings is 2. The number of hydrogen-bond donors (Lipinski definition) is 1. The third-order valence-electron chi connectivity index (χ3n) is 2.73. The Labute approximate surface area is 124 Å². The van der Waals surface area contributed by atoms with Crippen LogP contribution in [0, 0.1) is 5.82 Å². The molecule has 0 aliphatic carbocycles. The Morgan fingerprint density at radius 1 is 0.955 bits per heavy atom. The first-order valence-corrected chi connectivity index (χ1v) is 6.37. The van der Waals surface area contributed by atoms with Gasteiger partial charge in [0.25, 0.3) is 0 Å². The number of rotatable bonds is 5. The molecule has 0 spiro atoms. The molecular weight excluding hydrogens is 302 g/mol. The summed E-state index contributed by atoms with van der Waals surface area (Å²) in [6.07, 6.45) is -4.74. The maximum absolute atomic E-state index is 13.8. The summed E-state index contributed by atoms with van der Waals surface area (Å²) >= 11 is 0. The van der Waals surface area contributed by atoms with Gasteiger partial charge in [0, 0.05) is 6.54 Å². The minimum atomic E-state index is -4.74. The summed E-state index contributed by atoms with van der Waals surface area (Å²) in [4.78, 5) is 0. The van der Waals surface area contributed by atoms with Crippen LogP contribution >= 0.6 is 0 Å². The van der Waals surface area contributed by atoms with E-state index in [4.69, 9.17) is 10.5 Å². The van der Waals surface area contributed by atoms with Crippen LogP contribution in [0.15, 0.2) is 42.5 Å². The second-order valence-electron chi connectivity index (χ2n) is 4.35. The van der Waals surface area contributed by atoms with E-state index in [1.807, 2.05) is 0 Å². The summed E-state index contributed by atoms with van der Waals surface area (Å²) in [5.74, 6) is -0.826. The minimum Gasteiger partial charge on any atom is -0.489 e. The summed E-state index contributed by atoms with van der Waals surface area (Å²) < 4.78 is 58.9. The molecule has 3 nitrogen and oxygen atoms in total. The van der Waals surface area contributed by atoms with Gasteiger partial charge in [-0.25, -0.2) is 4.39 Å². The van der Waals surface area contributed by atoms with E-state index in [0.29, 0.717) is 11.1 Å². The molecule has 118 valence electrons. The van der Waals surface area contributed by atoms with Crippen LogP contribution < -0.4 is 15.2 Å². The molecule has 0 bridgehead atoms. The zero-order valence-electron chi connectivity index (χ0n) is 11.4. The van der Waals surface area contributed by atoms with Crippen molar-refractivity contribution in [3.05, 3.63) is 48.3 Å². The fourth-order valence-electron chi connectivity index (χ4n) is 1.82. The molecule has 2 rings (SSSR count). The van der Waals surface area contributed by atoms with Gasteiger partial charge in [0.1, 0.15) is 12.4 Å². The Balaban J connectivity index is 2.16. The number of hydrogen-bond acceptors (Lipinski definition) is 3. The third kappa shape index (κ3) is 4.36. The Hall–Kier alpha value is -2.28. The first kappa shape index (κ1) is 16.1. The van der Waals surface area contributed by atoms with Gasteiger partial charge in [-0.3, -0.25) is 0 Å². The fraction of sp³-hybridized carbons (Fsp3) is 0.200. The van der Waals surface area contributed by atoms with Gasteiger partial charge in [-0.15, -0.1) is 13.2 Å². The van der Waals surface area contributed by atoms with Gasteiger partial charge < -0.3 is 15.2 Å². The molecule has 0 heterocycles. The van der Waals surface area contributed by atoms with E-state index in [2.05, 4.69) is 4.74 Å². The van der Waals surface area contributed by atoms with Crippen molar-refractivity contribution in [2.75, 3.05) is 13.2 Å². The Morgan fingerprint density at radius 2 is 1.59 bits per heavy atom. The predicted molar refractivity (Wildman–Crippen MR) is 73.1 cm³/mol. The van der Waals surface area contributed by atoms with E-state index >= 15 is 0 Å². The average Bonchev–Trinajstić information content (AvgIpc) is 2.45. The molecule has 7 heteroatoms. The molecule has 2 aromatic carbocycles. The van der Waals surface area contributed by atoms with Crippen LogP contribution in [0.5, 0.6) is 11.5 Å². The molecule has 0 atom stereocenters. The van der Waals surface area contributed by atoms with E-state index in [-0.39, 0.29) is 24.7 Å². The molecular formula is C15H13F4NO2. The lowest BCUT2D eigenvalue weighted by atomic mass is 10.1. The summed E-state index contributed by atoms with van der Waals surface area (Å²) in [6.45, 7) is 0.460. The number of halogens is 4. The molecule has 0 aliphatic heterocycles. The highest BCUT2D eigenvalue weighted by molar-refractivity contribution is 5.65. The lowest BCUT2D eigenvalue weighted by molar-refractivity contribution is -0.274. The van der Waals surface area contributed by atoms with Crippen LogP contribution in [0.2, 0.25) is 0 Å². The van der Waals surface area contributed by atoms with Crippen molar-refractivity contribution in [2.45, 2.75) is 6.36 Å². The highest BCUT2D eigenvalue weighted by Gasteiger charge is 2.30. The van der Waals surface area contributed by atoms with Crippen LogP contribution in [0.3, 0.4) is 0 Å². The maximum atomic E-state index is 13.8. The predicted octanol–water partition coefficient (Wildman–Crippen LogP) is 3.73. The van der Waals surface area contributed by atoms with Crippen LogP contribution in [0.4, 0.5) is 17.6 Å². The molecule has 0 aromatic heterocycles. The molecule has 22 heavy (non-hydrogen) atoms. The normalized spacial score (nSPS) is 11.3. The van der Waals surface area contributed by atoms with Gasteiger partial charge in [-0.1, -0.05) is 18.2 Å². The Bertz CT molecular complexity index is 626.